The van der Waals surface area contributed by atoms with Gasteiger partial charge in [-0.2, -0.15) is 0 Å². The van der Waals surface area contributed by atoms with E-state index in [4.69, 9.17) is 0 Å². The molecule has 0 saturated heterocycles. The van der Waals surface area contributed by atoms with Gasteiger partial charge in [-0.1, -0.05) is 0 Å². The van der Waals surface area contributed by atoms with Crippen molar-refractivity contribution in [2.24, 2.45) is 5.41 Å². The minimum atomic E-state index is 0. The molecule has 0 spiro atoms. The molecule has 0 bridgehead atoms. The van der Waals surface area contributed by atoms with E-state index in [-0.39, 0.29) is 24.8 Å². The van der Waals surface area contributed by atoms with Crippen LogP contribution in [-0.4, -0.2) is 0 Å². The molecule has 0 saturated carbocycles. The Balaban J connectivity index is 0. The molecule has 0 unspecified atom stereocenters. The van der Waals surface area contributed by atoms with Crippen LogP contribution >= 0.6 is 24.8 Å². The van der Waals surface area contributed by atoms with E-state index in [9.17, 15) is 0 Å². The number of hydrogen-bond acceptors (Lipinski definition) is 0. The standard InChI is InChI=1S/C15H25.2ClH.Zr/c1-6-12-11-15(9-4,10-5)14(8-3)13(12)7-2;;;/h6-10H2,1-5H3;2*1H;. The monoisotopic (exact) mass is 367 g/mol. The molecule has 0 fully saturated rings. The van der Waals surface area contributed by atoms with Gasteiger partial charge < -0.3 is 0 Å². The molecule has 0 nitrogen and oxygen atoms in total. The quantitative estimate of drug-likeness (QED) is 0.559. The summed E-state index contributed by atoms with van der Waals surface area (Å²) >= 11 is 1.64. The summed E-state index contributed by atoms with van der Waals surface area (Å²) in [7, 11) is 0. The van der Waals surface area contributed by atoms with Crippen molar-refractivity contribution >= 4 is 24.8 Å². The maximum atomic E-state index is 2.37. The van der Waals surface area contributed by atoms with Crippen molar-refractivity contribution < 1.29 is 24.7 Å². The first kappa shape index (κ1) is 21.2. The topological polar surface area (TPSA) is 0 Å². The predicted molar refractivity (Wildman–Crippen MR) is 82.4 cm³/mol. The Morgan fingerprint density at radius 3 is 1.50 bits per heavy atom. The summed E-state index contributed by atoms with van der Waals surface area (Å²) in [5.41, 5.74) is 5.63. The molecule has 0 heterocycles. The van der Waals surface area contributed by atoms with Crippen LogP contribution in [0.2, 0.25) is 0 Å². The molecular formula is C15H27Cl2Zr. The second-order valence-electron chi connectivity index (χ2n) is 4.66. The van der Waals surface area contributed by atoms with E-state index in [1.807, 2.05) is 0 Å². The van der Waals surface area contributed by atoms with Crippen LogP contribution in [0.5, 0.6) is 0 Å². The van der Waals surface area contributed by atoms with Crippen LogP contribution in [0.3, 0.4) is 0 Å². The molecule has 0 aromatic carbocycles. The molecule has 1 aliphatic rings. The summed E-state index contributed by atoms with van der Waals surface area (Å²) in [5, 5.41) is 0. The third-order valence-corrected chi connectivity index (χ3v) is 6.27. The van der Waals surface area contributed by atoms with Gasteiger partial charge in [-0.15, -0.1) is 24.8 Å². The molecular weight excluding hydrogens is 342 g/mol. The Hall–Kier alpha value is 0.943. The second-order valence-corrected chi connectivity index (χ2v) is 5.89. The van der Waals surface area contributed by atoms with Crippen molar-refractivity contribution in [3.8, 4) is 0 Å². The molecule has 0 radical (unpaired) electrons. The minimum absolute atomic E-state index is 0. The average molecular weight is 370 g/mol. The molecule has 0 aliphatic heterocycles. The van der Waals surface area contributed by atoms with Crippen LogP contribution in [0.25, 0.3) is 0 Å². The molecule has 0 amide bonds. The summed E-state index contributed by atoms with van der Waals surface area (Å²) in [4.78, 5) is 0. The molecule has 18 heavy (non-hydrogen) atoms. The van der Waals surface area contributed by atoms with Crippen LogP contribution in [0.15, 0.2) is 20.0 Å². The fourth-order valence-electron chi connectivity index (χ4n) is 3.46. The summed E-state index contributed by atoms with van der Waals surface area (Å²) in [5.74, 6) is 0. The number of hydrogen-bond donors (Lipinski definition) is 0. The maximum Gasteiger partial charge on any atom is -0.147 e. The Morgan fingerprint density at radius 1 is 0.778 bits per heavy atom. The zero-order chi connectivity index (χ0) is 12.3. The smallest absolute Gasteiger partial charge is 0.147 e. The Morgan fingerprint density at radius 2 is 1.22 bits per heavy atom. The third-order valence-electron chi connectivity index (χ3n) is 4.35. The van der Waals surface area contributed by atoms with Crippen molar-refractivity contribution in [1.82, 2.24) is 0 Å². The van der Waals surface area contributed by atoms with Crippen molar-refractivity contribution in [3.05, 3.63) is 20.0 Å². The van der Waals surface area contributed by atoms with Gasteiger partial charge in [-0.3, -0.25) is 0 Å². The molecule has 105 valence electrons. The van der Waals surface area contributed by atoms with Gasteiger partial charge in [0, 0.05) is 0 Å². The van der Waals surface area contributed by atoms with Crippen molar-refractivity contribution in [2.75, 3.05) is 0 Å². The molecule has 1 rings (SSSR count). The summed E-state index contributed by atoms with van der Waals surface area (Å²) in [6, 6.07) is 0. The van der Waals surface area contributed by atoms with Crippen LogP contribution in [0.1, 0.15) is 66.7 Å². The molecule has 0 atom stereocenters. The van der Waals surface area contributed by atoms with Gasteiger partial charge in [0.25, 0.3) is 0 Å². The molecule has 1 aliphatic carbocycles. The van der Waals surface area contributed by atoms with E-state index in [2.05, 4.69) is 34.6 Å². The first-order chi connectivity index (χ1) is 7.62. The van der Waals surface area contributed by atoms with Crippen molar-refractivity contribution in [3.63, 3.8) is 0 Å². The summed E-state index contributed by atoms with van der Waals surface area (Å²) in [6.07, 6.45) is 6.29. The van der Waals surface area contributed by atoms with Gasteiger partial charge in [-0.25, -0.2) is 0 Å². The first-order valence-corrected chi connectivity index (χ1v) is 8.03. The van der Waals surface area contributed by atoms with E-state index in [0.717, 1.165) is 0 Å². The van der Waals surface area contributed by atoms with Crippen molar-refractivity contribution in [1.29, 1.82) is 0 Å². The fraction of sp³-hybridized carbons (Fsp3) is 0.733. The number of allylic oxidation sites excluding steroid dienone is 4. The van der Waals surface area contributed by atoms with Crippen LogP contribution in [0.4, 0.5) is 0 Å². The zero-order valence-corrected chi connectivity index (χ0v) is 16.4. The van der Waals surface area contributed by atoms with Gasteiger partial charge in [0.05, 0.1) is 0 Å². The van der Waals surface area contributed by atoms with Gasteiger partial charge in [0.1, 0.15) is 0 Å². The largest absolute Gasteiger partial charge is 0.147 e. The Kier molecular flexibility index (Phi) is 10.6. The van der Waals surface area contributed by atoms with E-state index in [1.165, 1.54) is 32.1 Å². The molecule has 0 aromatic rings. The van der Waals surface area contributed by atoms with E-state index in [1.54, 1.807) is 44.7 Å². The summed E-state index contributed by atoms with van der Waals surface area (Å²) < 4.78 is 1.76. The summed E-state index contributed by atoms with van der Waals surface area (Å²) in [6.45, 7) is 11.7. The van der Waals surface area contributed by atoms with Crippen LogP contribution in [-0.2, 0) is 24.7 Å². The normalized spacial score (nSPS) is 17.6. The SMILES string of the molecule is CCC1=[C]([Zr])C(CC)(CC)C(CC)=C1CC.Cl.Cl. The fourth-order valence-corrected chi connectivity index (χ4v) is 5.51. The zero-order valence-electron chi connectivity index (χ0n) is 12.4. The van der Waals surface area contributed by atoms with E-state index >= 15 is 0 Å². The van der Waals surface area contributed by atoms with Gasteiger partial charge >= 0.3 is 117 Å². The second kappa shape index (κ2) is 8.99. The number of rotatable bonds is 5. The van der Waals surface area contributed by atoms with Crippen LogP contribution < -0.4 is 0 Å². The molecule has 3 heteroatoms. The Bertz CT molecular complexity index is 325. The van der Waals surface area contributed by atoms with E-state index < -0.39 is 0 Å². The van der Waals surface area contributed by atoms with Crippen molar-refractivity contribution in [2.45, 2.75) is 66.7 Å². The van der Waals surface area contributed by atoms with Gasteiger partial charge in [0.2, 0.25) is 0 Å². The third kappa shape index (κ3) is 3.16. The van der Waals surface area contributed by atoms with Gasteiger partial charge in [-0.05, 0) is 0 Å². The van der Waals surface area contributed by atoms with Crippen LogP contribution in [0, 0.1) is 5.41 Å². The maximum absolute atomic E-state index is 2.37. The predicted octanol–water partition coefficient (Wildman–Crippen LogP) is 5.98. The molecule has 0 aromatic heterocycles. The average Bonchev–Trinajstić information content (AvgIpc) is 2.56. The Labute approximate surface area is 141 Å². The first-order valence-electron chi connectivity index (χ1n) is 6.80. The minimum Gasteiger partial charge on any atom is -0.147 e. The molecule has 0 N–H and O–H groups in total. The van der Waals surface area contributed by atoms with E-state index in [0.29, 0.717) is 5.41 Å². The van der Waals surface area contributed by atoms with Gasteiger partial charge in [0.15, 0.2) is 0 Å². The number of halogens is 2.